The van der Waals surface area contributed by atoms with Gasteiger partial charge >= 0.3 is 0 Å². The molecule has 0 aromatic heterocycles. The number of rotatable bonds is 5. The van der Waals surface area contributed by atoms with Crippen LogP contribution in [0.4, 0.5) is 0 Å². The van der Waals surface area contributed by atoms with E-state index in [1.165, 1.54) is 24.0 Å². The number of methoxy groups -OCH3 is 1. The van der Waals surface area contributed by atoms with Crippen LogP contribution in [-0.2, 0) is 12.2 Å². The fourth-order valence-electron chi connectivity index (χ4n) is 3.22. The molecule has 0 aliphatic carbocycles. The molecular formula is C19H24N2O. The van der Waals surface area contributed by atoms with Gasteiger partial charge in [0.15, 0.2) is 0 Å². The van der Waals surface area contributed by atoms with Crippen molar-refractivity contribution in [3.63, 3.8) is 0 Å². The minimum Gasteiger partial charge on any atom is -0.496 e. The molecule has 0 saturated carbocycles. The van der Waals surface area contributed by atoms with Gasteiger partial charge < -0.3 is 4.74 Å². The van der Waals surface area contributed by atoms with Crippen molar-refractivity contribution in [3.05, 3.63) is 65.7 Å². The summed E-state index contributed by atoms with van der Waals surface area (Å²) >= 11 is 0. The van der Waals surface area contributed by atoms with Crippen LogP contribution >= 0.6 is 0 Å². The molecule has 0 radical (unpaired) electrons. The highest BCUT2D eigenvalue weighted by Crippen LogP contribution is 2.29. The Kier molecular flexibility index (Phi) is 4.76. The van der Waals surface area contributed by atoms with Gasteiger partial charge in [-0.2, -0.15) is 0 Å². The van der Waals surface area contributed by atoms with Crippen LogP contribution in [0.3, 0.4) is 0 Å². The lowest BCUT2D eigenvalue weighted by molar-refractivity contribution is 0.198. The van der Waals surface area contributed by atoms with Crippen molar-refractivity contribution in [3.8, 4) is 5.75 Å². The number of ether oxygens (including phenoxy) is 1. The van der Waals surface area contributed by atoms with Gasteiger partial charge in [0.25, 0.3) is 0 Å². The second-order valence-corrected chi connectivity index (χ2v) is 5.82. The molecule has 2 aromatic rings. The number of piperidine rings is 1. The first-order valence-corrected chi connectivity index (χ1v) is 8.01. The van der Waals surface area contributed by atoms with Crippen LogP contribution < -0.4 is 15.4 Å². The van der Waals surface area contributed by atoms with E-state index in [4.69, 9.17) is 4.74 Å². The Morgan fingerprint density at radius 1 is 1.05 bits per heavy atom. The predicted octanol–water partition coefficient (Wildman–Crippen LogP) is 3.41. The van der Waals surface area contributed by atoms with Gasteiger partial charge in [0.2, 0.25) is 0 Å². The quantitative estimate of drug-likeness (QED) is 0.887. The fraction of sp³-hybridized carbons (Fsp3) is 0.368. The van der Waals surface area contributed by atoms with E-state index in [0.29, 0.717) is 0 Å². The molecule has 1 aliphatic rings. The van der Waals surface area contributed by atoms with Gasteiger partial charge in [-0.1, -0.05) is 48.5 Å². The van der Waals surface area contributed by atoms with Crippen molar-refractivity contribution < 1.29 is 4.74 Å². The lowest BCUT2D eigenvalue weighted by Gasteiger charge is -2.40. The number of hydrogen-bond donors (Lipinski definition) is 2. The minimum atomic E-state index is -0.139. The Morgan fingerprint density at radius 3 is 2.55 bits per heavy atom. The zero-order valence-electron chi connectivity index (χ0n) is 13.1. The topological polar surface area (TPSA) is 33.3 Å². The van der Waals surface area contributed by atoms with Gasteiger partial charge in [0.1, 0.15) is 5.75 Å². The molecule has 22 heavy (non-hydrogen) atoms. The number of para-hydroxylation sites is 1. The van der Waals surface area contributed by atoms with Crippen LogP contribution in [0.1, 0.15) is 30.4 Å². The summed E-state index contributed by atoms with van der Waals surface area (Å²) in [4.78, 5) is 0. The molecule has 1 fully saturated rings. The molecule has 3 rings (SSSR count). The molecule has 116 valence electrons. The van der Waals surface area contributed by atoms with Crippen molar-refractivity contribution in [2.24, 2.45) is 0 Å². The zero-order chi connectivity index (χ0) is 15.3. The standard InChI is InChI=1S/C19H24N2O/c1-22-18-12-6-5-9-16(18)15-21-19(13-7-8-14-20-19)17-10-3-2-4-11-17/h2-6,9-12,20-21H,7-8,13-15H2,1H3. The normalized spacial score (nSPS) is 21.5. The molecule has 1 atom stereocenters. The van der Waals surface area contributed by atoms with E-state index >= 15 is 0 Å². The Morgan fingerprint density at radius 2 is 1.82 bits per heavy atom. The van der Waals surface area contributed by atoms with Crippen LogP contribution in [-0.4, -0.2) is 13.7 Å². The number of hydrogen-bond acceptors (Lipinski definition) is 3. The lowest BCUT2D eigenvalue weighted by atomic mass is 9.90. The predicted molar refractivity (Wildman–Crippen MR) is 89.8 cm³/mol. The maximum absolute atomic E-state index is 5.46. The third kappa shape index (κ3) is 3.16. The number of benzene rings is 2. The number of nitrogens with one attached hydrogen (secondary N) is 2. The Balaban J connectivity index is 1.82. The maximum atomic E-state index is 5.46. The van der Waals surface area contributed by atoms with Crippen LogP contribution in [0.2, 0.25) is 0 Å². The largest absolute Gasteiger partial charge is 0.496 e. The molecule has 0 spiro atoms. The van der Waals surface area contributed by atoms with Gasteiger partial charge in [-0.3, -0.25) is 10.6 Å². The Hall–Kier alpha value is -1.84. The summed E-state index contributed by atoms with van der Waals surface area (Å²) in [5.41, 5.74) is 2.36. The Bertz CT molecular complexity index is 591. The first-order valence-electron chi connectivity index (χ1n) is 8.01. The third-order valence-corrected chi connectivity index (χ3v) is 4.45. The van der Waals surface area contributed by atoms with Crippen LogP contribution in [0.25, 0.3) is 0 Å². The van der Waals surface area contributed by atoms with Gasteiger partial charge in [0.05, 0.1) is 12.8 Å². The highest BCUT2D eigenvalue weighted by atomic mass is 16.5. The highest BCUT2D eigenvalue weighted by Gasteiger charge is 2.32. The van der Waals surface area contributed by atoms with Crippen LogP contribution in [0.15, 0.2) is 54.6 Å². The molecule has 3 heteroatoms. The smallest absolute Gasteiger partial charge is 0.123 e. The van der Waals surface area contributed by atoms with Gasteiger partial charge in [-0.15, -0.1) is 0 Å². The van der Waals surface area contributed by atoms with E-state index in [1.807, 2.05) is 12.1 Å². The minimum absolute atomic E-state index is 0.139. The lowest BCUT2D eigenvalue weighted by Crippen LogP contribution is -2.56. The van der Waals surface area contributed by atoms with E-state index < -0.39 is 0 Å². The molecular weight excluding hydrogens is 272 g/mol. The summed E-state index contributed by atoms with van der Waals surface area (Å²) in [5.74, 6) is 0.939. The summed E-state index contributed by atoms with van der Waals surface area (Å²) < 4.78 is 5.46. The second kappa shape index (κ2) is 6.95. The van der Waals surface area contributed by atoms with E-state index in [-0.39, 0.29) is 5.66 Å². The molecule has 3 nitrogen and oxygen atoms in total. The van der Waals surface area contributed by atoms with E-state index in [1.54, 1.807) is 7.11 Å². The zero-order valence-corrected chi connectivity index (χ0v) is 13.1. The fourth-order valence-corrected chi connectivity index (χ4v) is 3.22. The summed E-state index contributed by atoms with van der Waals surface area (Å²) in [6, 6.07) is 18.9. The highest BCUT2D eigenvalue weighted by molar-refractivity contribution is 5.33. The molecule has 1 heterocycles. The van der Waals surface area contributed by atoms with Crippen molar-refractivity contribution >= 4 is 0 Å². The van der Waals surface area contributed by atoms with Crippen molar-refractivity contribution in [1.82, 2.24) is 10.6 Å². The average Bonchev–Trinajstić information content (AvgIpc) is 2.62. The first kappa shape index (κ1) is 15.1. The molecule has 1 aliphatic heterocycles. The van der Waals surface area contributed by atoms with Crippen LogP contribution in [0.5, 0.6) is 5.75 Å². The Labute approximate surface area is 132 Å². The van der Waals surface area contributed by atoms with Crippen molar-refractivity contribution in [2.75, 3.05) is 13.7 Å². The van der Waals surface area contributed by atoms with E-state index in [0.717, 1.165) is 25.3 Å². The van der Waals surface area contributed by atoms with Crippen LogP contribution in [0, 0.1) is 0 Å². The monoisotopic (exact) mass is 296 g/mol. The van der Waals surface area contributed by atoms with Gasteiger partial charge in [-0.25, -0.2) is 0 Å². The molecule has 0 amide bonds. The van der Waals surface area contributed by atoms with Gasteiger partial charge in [-0.05, 0) is 37.4 Å². The summed E-state index contributed by atoms with van der Waals surface area (Å²) in [7, 11) is 1.73. The summed E-state index contributed by atoms with van der Waals surface area (Å²) in [6.45, 7) is 1.83. The summed E-state index contributed by atoms with van der Waals surface area (Å²) in [5, 5.41) is 7.46. The summed E-state index contributed by atoms with van der Waals surface area (Å²) in [6.07, 6.45) is 3.58. The van der Waals surface area contributed by atoms with Crippen molar-refractivity contribution in [1.29, 1.82) is 0 Å². The molecule has 1 unspecified atom stereocenters. The first-order chi connectivity index (χ1) is 10.8. The molecule has 0 bridgehead atoms. The third-order valence-electron chi connectivity index (χ3n) is 4.45. The SMILES string of the molecule is COc1ccccc1CNC1(c2ccccc2)CCCCN1. The van der Waals surface area contributed by atoms with E-state index in [9.17, 15) is 0 Å². The molecule has 2 aromatic carbocycles. The second-order valence-electron chi connectivity index (χ2n) is 5.82. The molecule has 1 saturated heterocycles. The molecule has 2 N–H and O–H groups in total. The average molecular weight is 296 g/mol. The van der Waals surface area contributed by atoms with Gasteiger partial charge in [0, 0.05) is 12.1 Å². The van der Waals surface area contributed by atoms with Crippen molar-refractivity contribution in [2.45, 2.75) is 31.5 Å². The maximum Gasteiger partial charge on any atom is 0.123 e. The van der Waals surface area contributed by atoms with E-state index in [2.05, 4.69) is 53.1 Å².